The van der Waals surface area contributed by atoms with Gasteiger partial charge in [0.05, 0.1) is 18.1 Å². The first-order valence-corrected chi connectivity index (χ1v) is 10.3. The number of carbonyl (C=O) groups excluding carboxylic acids is 3. The lowest BCUT2D eigenvalue weighted by atomic mass is 9.63. The molecule has 0 radical (unpaired) electrons. The lowest BCUT2D eigenvalue weighted by Crippen LogP contribution is -2.55. The second-order valence-corrected chi connectivity index (χ2v) is 8.91. The molecule has 0 unspecified atom stereocenters. The van der Waals surface area contributed by atoms with E-state index < -0.39 is 47.2 Å². The van der Waals surface area contributed by atoms with Gasteiger partial charge in [-0.2, -0.15) is 0 Å². The van der Waals surface area contributed by atoms with Gasteiger partial charge in [-0.3, -0.25) is 14.4 Å². The van der Waals surface area contributed by atoms with Crippen LogP contribution in [0.1, 0.15) is 52.5 Å². The van der Waals surface area contributed by atoms with E-state index in [1.807, 2.05) is 31.1 Å². The summed E-state index contributed by atoms with van der Waals surface area (Å²) >= 11 is 0. The zero-order valence-electron chi connectivity index (χ0n) is 18.8. The van der Waals surface area contributed by atoms with E-state index in [2.05, 4.69) is 0 Å². The maximum Gasteiger partial charge on any atom is 0.317 e. The summed E-state index contributed by atoms with van der Waals surface area (Å²) in [5, 5.41) is 10.8. The first-order chi connectivity index (χ1) is 13.8. The van der Waals surface area contributed by atoms with Crippen molar-refractivity contribution in [3.8, 4) is 0 Å². The number of anilines is 1. The highest BCUT2D eigenvalue weighted by Gasteiger charge is 2.56. The Bertz CT molecular complexity index is 781. The minimum Gasteiger partial charge on any atom is -0.463 e. The van der Waals surface area contributed by atoms with Gasteiger partial charge in [0.15, 0.2) is 5.78 Å². The van der Waals surface area contributed by atoms with Crippen molar-refractivity contribution < 1.29 is 29.0 Å². The SMILES string of the molecule is CC(C)OC(=O)[C@H]1C(=O)[C@@](C)(O)C[C@@H](C(=O)OC(C)C)[C@H]1c1ccc(N(C)C)cc1. The Morgan fingerprint density at radius 1 is 1.03 bits per heavy atom. The minimum absolute atomic E-state index is 0.122. The molecule has 30 heavy (non-hydrogen) atoms. The number of ether oxygens (including phenoxy) is 2. The maximum absolute atomic E-state index is 13.1. The Labute approximate surface area is 178 Å². The van der Waals surface area contributed by atoms with E-state index in [4.69, 9.17) is 9.47 Å². The smallest absolute Gasteiger partial charge is 0.317 e. The molecule has 1 aliphatic rings. The number of Topliss-reactive ketones (excluding diaryl/α,β-unsaturated/α-hetero) is 1. The summed E-state index contributed by atoms with van der Waals surface area (Å²) in [5.41, 5.74) is -0.238. The largest absolute Gasteiger partial charge is 0.463 e. The zero-order chi connectivity index (χ0) is 22.8. The summed E-state index contributed by atoms with van der Waals surface area (Å²) in [6.45, 7) is 8.18. The van der Waals surface area contributed by atoms with Crippen LogP contribution in [-0.2, 0) is 23.9 Å². The van der Waals surface area contributed by atoms with Crippen molar-refractivity contribution in [2.75, 3.05) is 19.0 Å². The standard InChI is InChI=1S/C23H33NO6/c1-13(2)29-21(26)17-12-23(5,28)20(25)19(22(27)30-14(3)4)18(17)15-8-10-16(11-9-15)24(6)7/h8-11,13-14,17-19,28H,12H2,1-7H3/t17-,18-,19-,23+/m1/s1. The summed E-state index contributed by atoms with van der Waals surface area (Å²) < 4.78 is 10.8. The highest BCUT2D eigenvalue weighted by atomic mass is 16.5. The highest BCUT2D eigenvalue weighted by molar-refractivity contribution is 6.06. The fourth-order valence-corrected chi connectivity index (χ4v) is 3.91. The highest BCUT2D eigenvalue weighted by Crippen LogP contribution is 2.45. The molecular weight excluding hydrogens is 386 g/mol. The van der Waals surface area contributed by atoms with E-state index in [9.17, 15) is 19.5 Å². The fraction of sp³-hybridized carbons (Fsp3) is 0.609. The molecule has 1 aromatic rings. The number of esters is 2. The predicted octanol–water partition coefficient (Wildman–Crippen LogP) is 2.70. The van der Waals surface area contributed by atoms with Gasteiger partial charge in [0.25, 0.3) is 0 Å². The van der Waals surface area contributed by atoms with Crippen LogP contribution < -0.4 is 4.90 Å². The van der Waals surface area contributed by atoms with E-state index >= 15 is 0 Å². The fourth-order valence-electron chi connectivity index (χ4n) is 3.91. The maximum atomic E-state index is 13.1. The summed E-state index contributed by atoms with van der Waals surface area (Å²) in [6, 6.07) is 7.34. The molecule has 1 N–H and O–H groups in total. The number of benzene rings is 1. The van der Waals surface area contributed by atoms with Crippen molar-refractivity contribution in [3.63, 3.8) is 0 Å². The molecule has 0 bridgehead atoms. The van der Waals surface area contributed by atoms with E-state index in [0.717, 1.165) is 5.69 Å². The van der Waals surface area contributed by atoms with Crippen molar-refractivity contribution in [3.05, 3.63) is 29.8 Å². The molecule has 0 spiro atoms. The number of hydrogen-bond acceptors (Lipinski definition) is 7. The number of aliphatic hydroxyl groups is 1. The zero-order valence-corrected chi connectivity index (χ0v) is 18.8. The van der Waals surface area contributed by atoms with Crippen molar-refractivity contribution in [1.29, 1.82) is 0 Å². The lowest BCUT2D eigenvalue weighted by Gasteiger charge is -2.42. The monoisotopic (exact) mass is 419 g/mol. The second-order valence-electron chi connectivity index (χ2n) is 8.91. The Morgan fingerprint density at radius 2 is 1.53 bits per heavy atom. The molecule has 0 amide bonds. The van der Waals surface area contributed by atoms with Crippen molar-refractivity contribution in [2.24, 2.45) is 11.8 Å². The molecule has 2 rings (SSSR count). The molecule has 1 aliphatic carbocycles. The lowest BCUT2D eigenvalue weighted by molar-refractivity contribution is -0.173. The molecular formula is C23H33NO6. The van der Waals surface area contributed by atoms with Crippen LogP contribution in [0.3, 0.4) is 0 Å². The summed E-state index contributed by atoms with van der Waals surface area (Å²) in [6.07, 6.45) is -0.920. The van der Waals surface area contributed by atoms with Gasteiger partial charge in [-0.05, 0) is 58.7 Å². The Hall–Kier alpha value is -2.41. The van der Waals surface area contributed by atoms with Gasteiger partial charge in [0.1, 0.15) is 11.5 Å². The van der Waals surface area contributed by atoms with E-state index in [1.54, 1.807) is 39.8 Å². The van der Waals surface area contributed by atoms with Gasteiger partial charge < -0.3 is 19.5 Å². The van der Waals surface area contributed by atoms with Crippen LogP contribution in [0.4, 0.5) is 5.69 Å². The van der Waals surface area contributed by atoms with Gasteiger partial charge in [-0.1, -0.05) is 12.1 Å². The van der Waals surface area contributed by atoms with Crippen LogP contribution in [0.25, 0.3) is 0 Å². The molecule has 7 heteroatoms. The first kappa shape index (κ1) is 23.9. The number of ketones is 1. The van der Waals surface area contributed by atoms with Crippen molar-refractivity contribution in [2.45, 2.75) is 64.8 Å². The quantitative estimate of drug-likeness (QED) is 0.560. The number of rotatable bonds is 6. The Kier molecular flexibility index (Phi) is 7.29. The van der Waals surface area contributed by atoms with Gasteiger partial charge >= 0.3 is 11.9 Å². The van der Waals surface area contributed by atoms with Crippen molar-refractivity contribution in [1.82, 2.24) is 0 Å². The Morgan fingerprint density at radius 3 is 2.00 bits per heavy atom. The average Bonchev–Trinajstić information content (AvgIpc) is 2.62. The van der Waals surface area contributed by atoms with Gasteiger partial charge in [0, 0.05) is 25.7 Å². The molecule has 1 fully saturated rings. The van der Waals surface area contributed by atoms with E-state index in [1.165, 1.54) is 6.92 Å². The van der Waals surface area contributed by atoms with E-state index in [-0.39, 0.29) is 12.5 Å². The molecule has 0 heterocycles. The number of nitrogens with zero attached hydrogens (tertiary/aromatic N) is 1. The third-order valence-corrected chi connectivity index (χ3v) is 5.28. The summed E-state index contributed by atoms with van der Waals surface area (Å²) in [4.78, 5) is 40.9. The van der Waals surface area contributed by atoms with Gasteiger partial charge in [0.2, 0.25) is 0 Å². The normalized spacial score (nSPS) is 26.6. The molecule has 1 saturated carbocycles. The molecule has 7 nitrogen and oxygen atoms in total. The van der Waals surface area contributed by atoms with Gasteiger partial charge in [-0.15, -0.1) is 0 Å². The average molecular weight is 420 g/mol. The molecule has 4 atom stereocenters. The van der Waals surface area contributed by atoms with Crippen LogP contribution in [0, 0.1) is 11.8 Å². The first-order valence-electron chi connectivity index (χ1n) is 10.3. The van der Waals surface area contributed by atoms with E-state index in [0.29, 0.717) is 5.56 Å². The van der Waals surface area contributed by atoms with Crippen LogP contribution in [0.5, 0.6) is 0 Å². The molecule has 0 aliphatic heterocycles. The Balaban J connectivity index is 2.58. The van der Waals surface area contributed by atoms with Crippen LogP contribution in [0.15, 0.2) is 24.3 Å². The van der Waals surface area contributed by atoms with Gasteiger partial charge in [-0.25, -0.2) is 0 Å². The molecule has 166 valence electrons. The topological polar surface area (TPSA) is 93.1 Å². The minimum atomic E-state index is -1.83. The van der Waals surface area contributed by atoms with Crippen molar-refractivity contribution >= 4 is 23.4 Å². The van der Waals surface area contributed by atoms with Crippen LogP contribution >= 0.6 is 0 Å². The number of carbonyl (C=O) groups is 3. The van der Waals surface area contributed by atoms with Crippen LogP contribution in [0.2, 0.25) is 0 Å². The summed E-state index contributed by atoms with van der Waals surface area (Å²) in [7, 11) is 3.81. The molecule has 1 aromatic carbocycles. The molecule has 0 saturated heterocycles. The summed E-state index contributed by atoms with van der Waals surface area (Å²) in [5.74, 6) is -4.86. The van der Waals surface area contributed by atoms with Crippen LogP contribution in [-0.4, -0.2) is 54.7 Å². The third-order valence-electron chi connectivity index (χ3n) is 5.28. The second kappa shape index (κ2) is 9.16. The predicted molar refractivity (Wildman–Crippen MR) is 113 cm³/mol. The number of hydrogen-bond donors (Lipinski definition) is 1. The third kappa shape index (κ3) is 5.19. The molecule has 0 aromatic heterocycles.